The minimum Gasteiger partial charge on any atom is -0.351 e. The Morgan fingerprint density at radius 3 is 2.82 bits per heavy atom. The molecule has 2 aromatic rings. The van der Waals surface area contributed by atoms with Gasteiger partial charge in [0.1, 0.15) is 5.69 Å². The van der Waals surface area contributed by atoms with Gasteiger partial charge in [0.05, 0.1) is 13.2 Å². The summed E-state index contributed by atoms with van der Waals surface area (Å²) in [5, 5.41) is 4.01. The van der Waals surface area contributed by atoms with Crippen LogP contribution in [-0.4, -0.2) is 36.4 Å². The summed E-state index contributed by atoms with van der Waals surface area (Å²) in [6.07, 6.45) is 0.764. The highest BCUT2D eigenvalue weighted by Gasteiger charge is 2.32. The summed E-state index contributed by atoms with van der Waals surface area (Å²) in [7, 11) is 0. The molecule has 0 radical (unpaired) electrons. The molecule has 0 aliphatic carbocycles. The van der Waals surface area contributed by atoms with Crippen LogP contribution in [0.4, 0.5) is 0 Å². The minimum absolute atomic E-state index is 0.0820. The first-order chi connectivity index (χ1) is 10.6. The summed E-state index contributed by atoms with van der Waals surface area (Å²) in [6.45, 7) is 5.92. The lowest BCUT2D eigenvalue weighted by Gasteiger charge is -2.25. The number of carbonyl (C=O) groups excluding carboxylic acids is 1. The zero-order valence-corrected chi connectivity index (χ0v) is 13.0. The molecule has 1 amide bonds. The molecule has 118 valence electrons. The van der Waals surface area contributed by atoms with Crippen LogP contribution in [0.25, 0.3) is 10.9 Å². The SMILES string of the molecule is CC(CNC(=O)c1cc2ccccc2[nH]1)CC1(C)OCCO1. The van der Waals surface area contributed by atoms with Gasteiger partial charge in [-0.05, 0) is 25.0 Å². The molecule has 0 saturated carbocycles. The minimum atomic E-state index is -0.509. The van der Waals surface area contributed by atoms with Gasteiger partial charge in [-0.2, -0.15) is 0 Å². The molecular weight excluding hydrogens is 280 g/mol. The van der Waals surface area contributed by atoms with Crippen LogP contribution >= 0.6 is 0 Å². The van der Waals surface area contributed by atoms with E-state index in [4.69, 9.17) is 9.47 Å². The lowest BCUT2D eigenvalue weighted by molar-refractivity contribution is -0.153. The lowest BCUT2D eigenvalue weighted by Crippen LogP contribution is -2.34. The number of para-hydroxylation sites is 1. The van der Waals surface area contributed by atoms with Crippen molar-refractivity contribution >= 4 is 16.8 Å². The van der Waals surface area contributed by atoms with Crippen LogP contribution in [0.15, 0.2) is 30.3 Å². The van der Waals surface area contributed by atoms with E-state index < -0.39 is 5.79 Å². The molecule has 1 unspecified atom stereocenters. The van der Waals surface area contributed by atoms with Crippen LogP contribution in [0.1, 0.15) is 30.8 Å². The number of amides is 1. The van der Waals surface area contributed by atoms with Gasteiger partial charge in [-0.1, -0.05) is 25.1 Å². The third-order valence-electron chi connectivity index (χ3n) is 4.00. The molecule has 22 heavy (non-hydrogen) atoms. The molecule has 2 heterocycles. The van der Waals surface area contributed by atoms with E-state index in [9.17, 15) is 4.79 Å². The van der Waals surface area contributed by atoms with E-state index in [1.165, 1.54) is 0 Å². The van der Waals surface area contributed by atoms with E-state index in [1.807, 2.05) is 37.3 Å². The molecule has 0 bridgehead atoms. The Morgan fingerprint density at radius 2 is 2.09 bits per heavy atom. The molecule has 5 heteroatoms. The molecule has 1 aromatic carbocycles. The van der Waals surface area contributed by atoms with Crippen molar-refractivity contribution in [2.45, 2.75) is 26.1 Å². The summed E-state index contributed by atoms with van der Waals surface area (Å²) in [5.74, 6) is -0.316. The van der Waals surface area contributed by atoms with Crippen LogP contribution in [-0.2, 0) is 9.47 Å². The Labute approximate surface area is 130 Å². The molecular formula is C17H22N2O3. The standard InChI is InChI=1S/C17H22N2O3/c1-12(10-17(2)21-7-8-22-17)11-18-16(20)15-9-13-5-3-4-6-14(13)19-15/h3-6,9,12,19H,7-8,10-11H2,1-2H3,(H,18,20). The number of rotatable bonds is 5. The van der Waals surface area contributed by atoms with Gasteiger partial charge in [-0.3, -0.25) is 4.79 Å². The summed E-state index contributed by atoms with van der Waals surface area (Å²) in [4.78, 5) is 15.4. The number of aromatic amines is 1. The van der Waals surface area contributed by atoms with Crippen molar-refractivity contribution in [1.29, 1.82) is 0 Å². The molecule has 1 atom stereocenters. The van der Waals surface area contributed by atoms with Gasteiger partial charge >= 0.3 is 0 Å². The normalized spacial score (nSPS) is 18.5. The molecule has 1 fully saturated rings. The molecule has 1 aliphatic heterocycles. The van der Waals surface area contributed by atoms with E-state index in [0.29, 0.717) is 25.5 Å². The first-order valence-electron chi connectivity index (χ1n) is 7.70. The van der Waals surface area contributed by atoms with Gasteiger partial charge in [-0.25, -0.2) is 0 Å². The van der Waals surface area contributed by atoms with Crippen LogP contribution in [0.3, 0.4) is 0 Å². The Morgan fingerprint density at radius 1 is 1.36 bits per heavy atom. The van der Waals surface area contributed by atoms with Crippen molar-refractivity contribution in [2.75, 3.05) is 19.8 Å². The first kappa shape index (κ1) is 15.1. The fourth-order valence-corrected chi connectivity index (χ4v) is 2.94. The molecule has 1 aliphatic rings. The number of carbonyl (C=O) groups is 1. The van der Waals surface area contributed by atoms with E-state index in [-0.39, 0.29) is 11.8 Å². The molecule has 5 nitrogen and oxygen atoms in total. The predicted molar refractivity (Wildman–Crippen MR) is 84.7 cm³/mol. The zero-order chi connectivity index (χ0) is 15.6. The smallest absolute Gasteiger partial charge is 0.267 e. The number of H-pyrrole nitrogens is 1. The van der Waals surface area contributed by atoms with Crippen molar-refractivity contribution in [3.05, 3.63) is 36.0 Å². The van der Waals surface area contributed by atoms with E-state index in [1.54, 1.807) is 0 Å². The first-order valence-corrected chi connectivity index (χ1v) is 7.70. The number of benzene rings is 1. The fraction of sp³-hybridized carbons (Fsp3) is 0.471. The molecule has 3 rings (SSSR count). The Kier molecular flexibility index (Phi) is 4.18. The molecule has 1 aromatic heterocycles. The summed E-state index contributed by atoms with van der Waals surface area (Å²) in [6, 6.07) is 9.73. The second kappa shape index (κ2) is 6.10. The van der Waals surface area contributed by atoms with Gasteiger partial charge in [0.2, 0.25) is 0 Å². The topological polar surface area (TPSA) is 63.4 Å². The number of hydrogen-bond donors (Lipinski definition) is 2. The maximum Gasteiger partial charge on any atom is 0.267 e. The number of nitrogens with one attached hydrogen (secondary N) is 2. The van der Waals surface area contributed by atoms with Gasteiger partial charge in [0.25, 0.3) is 5.91 Å². The second-order valence-corrected chi connectivity index (χ2v) is 6.12. The van der Waals surface area contributed by atoms with Crippen LogP contribution < -0.4 is 5.32 Å². The van der Waals surface area contributed by atoms with Gasteiger partial charge in [0, 0.05) is 23.9 Å². The Hall–Kier alpha value is -1.85. The number of hydrogen-bond acceptors (Lipinski definition) is 3. The third-order valence-corrected chi connectivity index (χ3v) is 4.00. The number of ether oxygens (including phenoxy) is 2. The number of fused-ring (bicyclic) bond motifs is 1. The zero-order valence-electron chi connectivity index (χ0n) is 13.0. The largest absolute Gasteiger partial charge is 0.351 e. The van der Waals surface area contributed by atoms with Gasteiger partial charge in [0.15, 0.2) is 5.79 Å². The Balaban J connectivity index is 1.55. The van der Waals surface area contributed by atoms with Crippen molar-refractivity contribution in [1.82, 2.24) is 10.3 Å². The van der Waals surface area contributed by atoms with E-state index in [2.05, 4.69) is 17.2 Å². The maximum absolute atomic E-state index is 12.2. The van der Waals surface area contributed by atoms with Crippen molar-refractivity contribution < 1.29 is 14.3 Å². The average molecular weight is 302 g/mol. The monoisotopic (exact) mass is 302 g/mol. The van der Waals surface area contributed by atoms with Crippen LogP contribution in [0, 0.1) is 5.92 Å². The van der Waals surface area contributed by atoms with Crippen molar-refractivity contribution in [2.24, 2.45) is 5.92 Å². The maximum atomic E-state index is 12.2. The van der Waals surface area contributed by atoms with E-state index >= 15 is 0 Å². The second-order valence-electron chi connectivity index (χ2n) is 6.12. The summed E-state index contributed by atoms with van der Waals surface area (Å²) in [5.41, 5.74) is 1.56. The number of aromatic nitrogens is 1. The predicted octanol–water partition coefficient (Wildman–Crippen LogP) is 2.69. The average Bonchev–Trinajstić information content (AvgIpc) is 3.10. The van der Waals surface area contributed by atoms with Gasteiger partial charge in [-0.15, -0.1) is 0 Å². The van der Waals surface area contributed by atoms with Crippen LogP contribution in [0.2, 0.25) is 0 Å². The summed E-state index contributed by atoms with van der Waals surface area (Å²) < 4.78 is 11.2. The third kappa shape index (κ3) is 3.31. The van der Waals surface area contributed by atoms with Crippen molar-refractivity contribution in [3.63, 3.8) is 0 Å². The molecule has 1 saturated heterocycles. The quantitative estimate of drug-likeness (QED) is 0.892. The van der Waals surface area contributed by atoms with Gasteiger partial charge < -0.3 is 19.8 Å². The molecule has 2 N–H and O–H groups in total. The highest BCUT2D eigenvalue weighted by Crippen LogP contribution is 2.26. The Bertz CT molecular complexity index is 626. The van der Waals surface area contributed by atoms with Crippen molar-refractivity contribution in [3.8, 4) is 0 Å². The van der Waals surface area contributed by atoms with Crippen LogP contribution in [0.5, 0.6) is 0 Å². The highest BCUT2D eigenvalue weighted by atomic mass is 16.7. The van der Waals surface area contributed by atoms with E-state index in [0.717, 1.165) is 17.3 Å². The summed E-state index contributed by atoms with van der Waals surface area (Å²) >= 11 is 0. The highest BCUT2D eigenvalue weighted by molar-refractivity contribution is 5.97. The molecule has 0 spiro atoms. The fourth-order valence-electron chi connectivity index (χ4n) is 2.94. The lowest BCUT2D eigenvalue weighted by atomic mass is 10.0.